The molecule has 0 bridgehead atoms. The average Bonchev–Trinajstić information content (AvgIpc) is 2.48. The summed E-state index contributed by atoms with van der Waals surface area (Å²) < 4.78 is 10.3. The smallest absolute Gasteiger partial charge is 0.157 e. The third kappa shape index (κ3) is 18.0. The van der Waals surface area contributed by atoms with Gasteiger partial charge in [-0.1, -0.05) is 96.8 Å². The fourth-order valence-corrected chi connectivity index (χ4v) is 3.11. The molecule has 0 saturated heterocycles. The quantitative estimate of drug-likeness (QED) is 0.245. The highest BCUT2D eigenvalue weighted by Crippen LogP contribution is 2.14. The molecule has 2 nitrogen and oxygen atoms in total. The van der Waals surface area contributed by atoms with E-state index in [0.29, 0.717) is 6.16 Å². The number of hydrogen-bond donors (Lipinski definition) is 1. The highest BCUT2D eigenvalue weighted by Gasteiger charge is 2.02. The number of rotatable bonds is 17. The van der Waals surface area contributed by atoms with Gasteiger partial charge in [0.25, 0.3) is 0 Å². The largest absolute Gasteiger partial charge is 0.392 e. The number of aliphatic hydroxyl groups excluding tert-OH is 1. The third-order valence-corrected chi connectivity index (χ3v) is 4.75. The van der Waals surface area contributed by atoms with Crippen LogP contribution in [0.2, 0.25) is 0 Å². The van der Waals surface area contributed by atoms with Gasteiger partial charge in [0, 0.05) is 0 Å². The maximum absolute atomic E-state index is 10.3. The first-order valence-corrected chi connectivity index (χ1v) is 10.3. The van der Waals surface area contributed by atoms with Gasteiger partial charge in [-0.15, -0.1) is 0 Å². The lowest BCUT2D eigenvalue weighted by atomic mass is 10.0. The maximum atomic E-state index is 10.3. The Morgan fingerprint density at radius 3 is 1.48 bits per heavy atom. The minimum absolute atomic E-state index is 0.0727. The van der Waals surface area contributed by atoms with E-state index in [1.807, 2.05) is 0 Å². The normalized spacial score (nSPS) is 12.9. The predicted octanol–water partition coefficient (Wildman–Crippen LogP) is 6.51. The van der Waals surface area contributed by atoms with Crippen LogP contribution < -0.4 is 0 Å². The topological polar surface area (TPSA) is 37.3 Å². The van der Waals surface area contributed by atoms with Crippen molar-refractivity contribution in [3.8, 4) is 0 Å². The van der Waals surface area contributed by atoms with Crippen molar-refractivity contribution in [2.45, 2.75) is 109 Å². The van der Waals surface area contributed by atoms with E-state index in [-0.39, 0.29) is 14.6 Å². The molecule has 0 aromatic carbocycles. The van der Waals surface area contributed by atoms with Gasteiger partial charge in [-0.05, 0) is 6.42 Å². The van der Waals surface area contributed by atoms with Gasteiger partial charge in [0.1, 0.15) is 0 Å². The molecular weight excluding hydrogens is 279 g/mol. The second-order valence-electron chi connectivity index (χ2n) is 6.35. The van der Waals surface area contributed by atoms with Crippen molar-refractivity contribution in [1.29, 1.82) is 0 Å². The zero-order valence-corrected chi connectivity index (χ0v) is 15.1. The summed E-state index contributed by atoms with van der Waals surface area (Å²) in [6, 6.07) is 0. The summed E-state index contributed by atoms with van der Waals surface area (Å²) in [5.74, 6) is 0. The van der Waals surface area contributed by atoms with Gasteiger partial charge < -0.3 is 5.11 Å². The van der Waals surface area contributed by atoms with Crippen molar-refractivity contribution in [3.05, 3.63) is 0 Å². The van der Waals surface area contributed by atoms with E-state index >= 15 is 0 Å². The predicted molar refractivity (Wildman–Crippen MR) is 93.4 cm³/mol. The minimum atomic E-state index is -0.360. The van der Waals surface area contributed by atoms with Gasteiger partial charge in [0.15, 0.2) is 8.46 Å². The van der Waals surface area contributed by atoms with Crippen molar-refractivity contribution in [3.63, 3.8) is 0 Å². The highest BCUT2D eigenvalue weighted by molar-refractivity contribution is 7.23. The lowest BCUT2D eigenvalue weighted by molar-refractivity contribution is 0.183. The standard InChI is InChI=1S/C18H37O2P/c1-2-3-4-5-6-7-8-9-10-11-12-13-14-15-16-18(19)17-21-20/h18-19H,2-17H2,1H3. The van der Waals surface area contributed by atoms with Crippen molar-refractivity contribution in [2.24, 2.45) is 0 Å². The third-order valence-electron chi connectivity index (χ3n) is 4.18. The Morgan fingerprint density at radius 1 is 0.714 bits per heavy atom. The van der Waals surface area contributed by atoms with Crippen LogP contribution >= 0.6 is 8.46 Å². The molecule has 0 aromatic heterocycles. The van der Waals surface area contributed by atoms with Crippen LogP contribution in [0.4, 0.5) is 0 Å². The summed E-state index contributed by atoms with van der Waals surface area (Å²) in [5.41, 5.74) is 0. The minimum Gasteiger partial charge on any atom is -0.392 e. The molecule has 0 aliphatic rings. The molecule has 0 heterocycles. The molecule has 0 spiro atoms. The Morgan fingerprint density at radius 2 is 1.10 bits per heavy atom. The molecule has 0 aliphatic carbocycles. The molecule has 0 amide bonds. The van der Waals surface area contributed by atoms with Crippen molar-refractivity contribution in [2.75, 3.05) is 6.16 Å². The summed E-state index contributed by atoms with van der Waals surface area (Å²) >= 11 is 0. The molecule has 126 valence electrons. The zero-order valence-electron chi connectivity index (χ0n) is 14.2. The molecule has 1 N–H and O–H groups in total. The van der Waals surface area contributed by atoms with E-state index in [1.165, 1.54) is 83.5 Å². The summed E-state index contributed by atoms with van der Waals surface area (Å²) in [6.07, 6.45) is 19.9. The SMILES string of the molecule is CCCCCCCCCCCCCCCCC(O)CP=O. The van der Waals surface area contributed by atoms with Crippen LogP contribution in [-0.2, 0) is 4.57 Å². The lowest BCUT2D eigenvalue weighted by Crippen LogP contribution is -2.07. The van der Waals surface area contributed by atoms with Crippen molar-refractivity contribution in [1.82, 2.24) is 0 Å². The van der Waals surface area contributed by atoms with Crippen molar-refractivity contribution >= 4 is 8.46 Å². The van der Waals surface area contributed by atoms with Gasteiger partial charge in [0.2, 0.25) is 0 Å². The molecule has 0 radical (unpaired) electrons. The van der Waals surface area contributed by atoms with E-state index in [1.54, 1.807) is 0 Å². The van der Waals surface area contributed by atoms with Gasteiger partial charge in [0.05, 0.1) is 12.3 Å². The van der Waals surface area contributed by atoms with Crippen LogP contribution in [-0.4, -0.2) is 17.4 Å². The zero-order chi connectivity index (χ0) is 15.6. The van der Waals surface area contributed by atoms with Crippen LogP contribution in [0.1, 0.15) is 103 Å². The second-order valence-corrected chi connectivity index (χ2v) is 6.97. The second kappa shape index (κ2) is 18.1. The molecule has 3 heteroatoms. The van der Waals surface area contributed by atoms with Crippen LogP contribution in [0, 0.1) is 0 Å². The van der Waals surface area contributed by atoms with Gasteiger partial charge >= 0.3 is 0 Å². The van der Waals surface area contributed by atoms with E-state index in [2.05, 4.69) is 6.92 Å². The lowest BCUT2D eigenvalue weighted by Gasteiger charge is -2.06. The Labute approximate surface area is 134 Å². The molecule has 1 atom stereocenters. The average molecular weight is 316 g/mol. The Balaban J connectivity index is 3.01. The molecule has 0 fully saturated rings. The molecule has 0 aromatic rings. The van der Waals surface area contributed by atoms with Gasteiger partial charge in [-0.3, -0.25) is 4.57 Å². The van der Waals surface area contributed by atoms with Gasteiger partial charge in [-0.25, -0.2) is 0 Å². The molecule has 0 saturated carbocycles. The monoisotopic (exact) mass is 316 g/mol. The fraction of sp³-hybridized carbons (Fsp3) is 1.00. The molecular formula is C18H37O2P. The first-order chi connectivity index (χ1) is 10.3. The molecule has 1 unspecified atom stereocenters. The fourth-order valence-electron chi connectivity index (χ4n) is 2.75. The summed E-state index contributed by atoms with van der Waals surface area (Å²) in [5, 5.41) is 9.43. The number of hydrogen-bond acceptors (Lipinski definition) is 2. The van der Waals surface area contributed by atoms with Crippen LogP contribution in [0.3, 0.4) is 0 Å². The van der Waals surface area contributed by atoms with E-state index in [4.69, 9.17) is 0 Å². The van der Waals surface area contributed by atoms with E-state index in [0.717, 1.165) is 12.8 Å². The summed E-state index contributed by atoms with van der Waals surface area (Å²) in [6.45, 7) is 2.27. The molecule has 0 rings (SSSR count). The van der Waals surface area contributed by atoms with Crippen LogP contribution in [0.25, 0.3) is 0 Å². The molecule has 0 aliphatic heterocycles. The van der Waals surface area contributed by atoms with E-state index < -0.39 is 0 Å². The van der Waals surface area contributed by atoms with Gasteiger partial charge in [-0.2, -0.15) is 0 Å². The highest BCUT2D eigenvalue weighted by atomic mass is 31.1. The maximum Gasteiger partial charge on any atom is 0.157 e. The molecule has 21 heavy (non-hydrogen) atoms. The Bertz CT molecular complexity index is 209. The Kier molecular flexibility index (Phi) is 18.2. The van der Waals surface area contributed by atoms with E-state index in [9.17, 15) is 9.67 Å². The summed E-state index contributed by atoms with van der Waals surface area (Å²) in [4.78, 5) is 0. The number of unbranched alkanes of at least 4 members (excludes halogenated alkanes) is 13. The summed E-state index contributed by atoms with van der Waals surface area (Å²) in [7, 11) is 0.0727. The van der Waals surface area contributed by atoms with Crippen LogP contribution in [0.5, 0.6) is 0 Å². The first-order valence-electron chi connectivity index (χ1n) is 9.28. The van der Waals surface area contributed by atoms with Crippen LogP contribution in [0.15, 0.2) is 0 Å². The first kappa shape index (κ1) is 21.1. The number of aliphatic hydroxyl groups is 1. The van der Waals surface area contributed by atoms with Crippen molar-refractivity contribution < 1.29 is 9.67 Å². The Hall–Kier alpha value is 0.0600.